The van der Waals surface area contributed by atoms with Crippen LogP contribution in [0, 0.1) is 0 Å². The summed E-state index contributed by atoms with van der Waals surface area (Å²) in [6.45, 7) is 2.19. The number of amides is 2. The molecule has 6 nitrogen and oxygen atoms in total. The molecule has 38 heavy (non-hydrogen) atoms. The maximum Gasteiger partial charge on any atom is 0.319 e. The first kappa shape index (κ1) is 26.1. The Labute approximate surface area is 223 Å². The number of imide groups is 1. The number of carbonyl (C=O) groups is 2. The Hall–Kier alpha value is -3.55. The Kier molecular flexibility index (Phi) is 7.58. The van der Waals surface area contributed by atoms with E-state index in [4.69, 9.17) is 4.28 Å². The molecule has 1 aliphatic rings. The van der Waals surface area contributed by atoms with Crippen molar-refractivity contribution in [3.63, 3.8) is 0 Å². The summed E-state index contributed by atoms with van der Waals surface area (Å²) in [4.78, 5) is 26.6. The van der Waals surface area contributed by atoms with Gasteiger partial charge in [0, 0.05) is 10.8 Å². The minimum absolute atomic E-state index is 0.0132. The van der Waals surface area contributed by atoms with Gasteiger partial charge in [-0.25, -0.2) is 0 Å². The molecule has 0 bridgehead atoms. The fourth-order valence-electron chi connectivity index (χ4n) is 5.26. The van der Waals surface area contributed by atoms with E-state index in [-0.39, 0.29) is 16.0 Å². The van der Waals surface area contributed by atoms with Gasteiger partial charge in [0.2, 0.25) is 0 Å². The molecule has 7 heteroatoms. The van der Waals surface area contributed by atoms with Crippen molar-refractivity contribution in [2.24, 2.45) is 0 Å². The van der Waals surface area contributed by atoms with Gasteiger partial charge in [-0.05, 0) is 41.3 Å². The first-order valence-electron chi connectivity index (χ1n) is 13.3. The van der Waals surface area contributed by atoms with Crippen LogP contribution >= 0.6 is 0 Å². The monoisotopic (exact) mass is 529 g/mol. The smallest absolute Gasteiger partial charge is 0.266 e. The number of unbranched alkanes of at least 4 members (excludes halogenated alkanes) is 6. The molecular weight excluding hydrogens is 498 g/mol. The molecule has 0 spiro atoms. The zero-order valence-electron chi connectivity index (χ0n) is 21.5. The van der Waals surface area contributed by atoms with Gasteiger partial charge in [0.05, 0.1) is 11.1 Å². The predicted octanol–water partition coefficient (Wildman–Crippen LogP) is 7.20. The highest BCUT2D eigenvalue weighted by Crippen LogP contribution is 2.34. The van der Waals surface area contributed by atoms with Crippen LogP contribution < -0.4 is 0 Å². The van der Waals surface area contributed by atoms with E-state index >= 15 is 0 Å². The summed E-state index contributed by atoms with van der Waals surface area (Å²) < 4.78 is 33.0. The molecule has 0 aromatic heterocycles. The maximum absolute atomic E-state index is 13.8. The number of hydrogen-bond acceptors (Lipinski definition) is 5. The van der Waals surface area contributed by atoms with Crippen LogP contribution in [0.1, 0.15) is 78.1 Å². The van der Waals surface area contributed by atoms with Crippen LogP contribution in [0.25, 0.3) is 21.5 Å². The number of rotatable bonds is 11. The van der Waals surface area contributed by atoms with Gasteiger partial charge in [-0.2, -0.15) is 8.42 Å². The van der Waals surface area contributed by atoms with Gasteiger partial charge in [-0.3, -0.25) is 9.59 Å². The lowest BCUT2D eigenvalue weighted by Gasteiger charge is -2.26. The summed E-state index contributed by atoms with van der Waals surface area (Å²) in [5.41, 5.74) is 1.08. The molecule has 5 rings (SSSR count). The van der Waals surface area contributed by atoms with Gasteiger partial charge < -0.3 is 0 Å². The molecule has 196 valence electrons. The summed E-state index contributed by atoms with van der Waals surface area (Å²) in [6, 6.07) is 21.1. The average molecular weight is 530 g/mol. The molecule has 0 saturated heterocycles. The van der Waals surface area contributed by atoms with Gasteiger partial charge in [0.1, 0.15) is 4.90 Å². The molecule has 0 N–H and O–H groups in total. The van der Waals surface area contributed by atoms with Crippen LogP contribution in [0.15, 0.2) is 77.7 Å². The number of hydrogen-bond donors (Lipinski definition) is 0. The van der Waals surface area contributed by atoms with E-state index < -0.39 is 21.9 Å². The Balaban J connectivity index is 1.46. The zero-order valence-corrected chi connectivity index (χ0v) is 22.3. The summed E-state index contributed by atoms with van der Waals surface area (Å²) >= 11 is 0. The highest BCUT2D eigenvalue weighted by atomic mass is 32.2. The Morgan fingerprint density at radius 1 is 0.684 bits per heavy atom. The molecule has 0 saturated carbocycles. The minimum Gasteiger partial charge on any atom is -0.266 e. The molecule has 0 radical (unpaired) electrons. The van der Waals surface area contributed by atoms with Crippen LogP contribution in [0.2, 0.25) is 0 Å². The topological polar surface area (TPSA) is 80.8 Å². The first-order valence-corrected chi connectivity index (χ1v) is 14.7. The normalized spacial score (nSPS) is 13.6. The summed E-state index contributed by atoms with van der Waals surface area (Å²) in [6.07, 6.45) is 8.32. The Morgan fingerprint density at radius 3 is 1.97 bits per heavy atom. The van der Waals surface area contributed by atoms with Crippen LogP contribution in [-0.2, 0) is 20.8 Å². The highest BCUT2D eigenvalue weighted by Gasteiger charge is 2.38. The molecular formula is C31H31NO5S. The van der Waals surface area contributed by atoms with Crippen molar-refractivity contribution in [2.75, 3.05) is 0 Å². The SMILES string of the molecule is CCCCCCCCCc1ccc2ccccc2c1S(=O)(=O)ON1C(=O)c2cccc3cccc(c23)C1=O. The molecule has 0 atom stereocenters. The lowest BCUT2D eigenvalue weighted by molar-refractivity contribution is -0.0155. The van der Waals surface area contributed by atoms with Crippen LogP contribution in [0.3, 0.4) is 0 Å². The molecule has 2 amide bonds. The molecule has 0 fully saturated rings. The van der Waals surface area contributed by atoms with Gasteiger partial charge >= 0.3 is 10.1 Å². The fraction of sp³-hybridized carbons (Fsp3) is 0.290. The fourth-order valence-corrected chi connectivity index (χ4v) is 6.62. The summed E-state index contributed by atoms with van der Waals surface area (Å²) in [7, 11) is -4.52. The van der Waals surface area contributed by atoms with E-state index in [2.05, 4.69) is 6.92 Å². The quantitative estimate of drug-likeness (QED) is 0.152. The van der Waals surface area contributed by atoms with Gasteiger partial charge in [-0.15, -0.1) is 9.35 Å². The van der Waals surface area contributed by atoms with Crippen molar-refractivity contribution in [1.29, 1.82) is 0 Å². The van der Waals surface area contributed by atoms with Crippen molar-refractivity contribution in [3.8, 4) is 0 Å². The number of nitrogens with zero attached hydrogens (tertiary/aromatic N) is 1. The van der Waals surface area contributed by atoms with Crippen molar-refractivity contribution in [1.82, 2.24) is 5.06 Å². The number of fused-ring (bicyclic) bond motifs is 1. The number of benzene rings is 4. The van der Waals surface area contributed by atoms with E-state index in [0.29, 0.717) is 27.8 Å². The predicted molar refractivity (Wildman–Crippen MR) is 148 cm³/mol. The van der Waals surface area contributed by atoms with Crippen LogP contribution in [0.4, 0.5) is 0 Å². The maximum atomic E-state index is 13.8. The van der Waals surface area contributed by atoms with E-state index in [1.54, 1.807) is 36.4 Å². The number of carbonyl (C=O) groups excluding carboxylic acids is 2. The van der Waals surface area contributed by atoms with Crippen molar-refractivity contribution < 1.29 is 22.3 Å². The second kappa shape index (κ2) is 11.1. The lowest BCUT2D eigenvalue weighted by Crippen LogP contribution is -2.41. The van der Waals surface area contributed by atoms with Gasteiger partial charge in [-0.1, -0.05) is 106 Å². The average Bonchev–Trinajstić information content (AvgIpc) is 2.93. The second-order valence-electron chi connectivity index (χ2n) is 9.79. The largest absolute Gasteiger partial charge is 0.319 e. The van der Waals surface area contributed by atoms with Crippen molar-refractivity contribution in [3.05, 3.63) is 89.5 Å². The van der Waals surface area contributed by atoms with Gasteiger partial charge in [0.25, 0.3) is 11.8 Å². The van der Waals surface area contributed by atoms with E-state index in [1.807, 2.05) is 36.4 Å². The molecule has 0 aliphatic carbocycles. The van der Waals surface area contributed by atoms with Crippen molar-refractivity contribution in [2.45, 2.75) is 63.2 Å². The molecule has 4 aromatic carbocycles. The molecule has 4 aromatic rings. The highest BCUT2D eigenvalue weighted by molar-refractivity contribution is 7.87. The zero-order chi connectivity index (χ0) is 26.7. The van der Waals surface area contributed by atoms with Crippen LogP contribution in [0.5, 0.6) is 0 Å². The molecule has 1 aliphatic heterocycles. The lowest BCUT2D eigenvalue weighted by atomic mass is 9.95. The standard InChI is InChI=1S/C31H31NO5S/c1-2-3-4-5-6-7-8-14-24-21-20-22-13-9-10-17-25(22)29(24)38(35,36)37-32-30(33)26-18-11-15-23-16-12-19-27(28(23)26)31(32)34/h9-13,15-21H,2-8,14H2,1H3. The van der Waals surface area contributed by atoms with E-state index in [1.165, 1.54) is 25.7 Å². The molecule has 0 unspecified atom stereocenters. The Morgan fingerprint density at radius 2 is 1.29 bits per heavy atom. The number of aryl methyl sites for hydroxylation is 1. The minimum atomic E-state index is -4.52. The van der Waals surface area contributed by atoms with Crippen molar-refractivity contribution >= 4 is 43.5 Å². The third kappa shape index (κ3) is 4.96. The van der Waals surface area contributed by atoms with Gasteiger partial charge in [0.15, 0.2) is 0 Å². The summed E-state index contributed by atoms with van der Waals surface area (Å²) in [5, 5.41) is 2.88. The van der Waals surface area contributed by atoms with E-state index in [0.717, 1.165) is 30.0 Å². The summed E-state index contributed by atoms with van der Waals surface area (Å²) in [5.74, 6) is -1.59. The Bertz CT molecular complexity index is 1580. The van der Waals surface area contributed by atoms with Crippen LogP contribution in [-0.4, -0.2) is 25.3 Å². The first-order chi connectivity index (χ1) is 18.4. The third-order valence-corrected chi connectivity index (χ3v) is 8.50. The number of hydroxylamine groups is 2. The van der Waals surface area contributed by atoms with E-state index in [9.17, 15) is 18.0 Å². The second-order valence-corrected chi connectivity index (χ2v) is 11.3. The molecule has 1 heterocycles. The third-order valence-electron chi connectivity index (χ3n) is 7.17.